The molecule has 0 radical (unpaired) electrons. The third kappa shape index (κ3) is 3.73. The summed E-state index contributed by atoms with van der Waals surface area (Å²) in [7, 11) is 0. The van der Waals surface area contributed by atoms with Gasteiger partial charge >= 0.3 is 0 Å². The van der Waals surface area contributed by atoms with Crippen LogP contribution < -0.4 is 4.90 Å². The lowest BCUT2D eigenvalue weighted by Crippen LogP contribution is -2.32. The lowest BCUT2D eigenvalue weighted by Gasteiger charge is -2.35. The van der Waals surface area contributed by atoms with E-state index in [9.17, 15) is 0 Å². The first kappa shape index (κ1) is 18.2. The van der Waals surface area contributed by atoms with Crippen LogP contribution in [0.25, 0.3) is 5.70 Å². The fourth-order valence-corrected chi connectivity index (χ4v) is 4.67. The summed E-state index contributed by atoms with van der Waals surface area (Å²) < 4.78 is 0. The van der Waals surface area contributed by atoms with E-state index in [1.54, 1.807) is 0 Å². The van der Waals surface area contributed by atoms with Crippen LogP contribution in [-0.4, -0.2) is 17.8 Å². The van der Waals surface area contributed by atoms with Crippen LogP contribution in [-0.2, 0) is 6.42 Å². The summed E-state index contributed by atoms with van der Waals surface area (Å²) in [6.07, 6.45) is 2.73. The highest BCUT2D eigenvalue weighted by Crippen LogP contribution is 2.40. The van der Waals surface area contributed by atoms with Gasteiger partial charge in [0.05, 0.1) is 11.7 Å². The molecule has 2 nitrogen and oxygen atoms in total. The number of aliphatic imine (C=N–C) groups is 1. The molecule has 0 saturated carbocycles. The third-order valence-corrected chi connectivity index (χ3v) is 6.01. The fraction of sp³-hybridized carbons (Fsp3) is 0.192. The molecular weight excluding hydrogens is 376 g/mol. The molecule has 0 N–H and O–H groups in total. The first-order chi connectivity index (χ1) is 14.3. The zero-order valence-corrected chi connectivity index (χ0v) is 17.0. The number of halogens is 1. The minimum atomic E-state index is 0.228. The van der Waals surface area contributed by atoms with Crippen LogP contribution >= 0.6 is 11.6 Å². The number of hydrogen-bond donors (Lipinski definition) is 0. The first-order valence-corrected chi connectivity index (χ1v) is 10.6. The Morgan fingerprint density at radius 2 is 1.48 bits per heavy atom. The minimum Gasteiger partial charge on any atom is -0.341 e. The van der Waals surface area contributed by atoms with Crippen molar-refractivity contribution in [2.75, 3.05) is 11.4 Å². The molecule has 1 unspecified atom stereocenters. The van der Waals surface area contributed by atoms with Gasteiger partial charge in [-0.3, -0.25) is 4.99 Å². The summed E-state index contributed by atoms with van der Waals surface area (Å²) in [5.41, 5.74) is 7.76. The molecule has 0 amide bonds. The standard InChI is InChI=1S/C26H23ClN2/c27-25-18-23-24(28-25)15-16-29(26(23)21-9-5-2-6-10-21)22-13-11-20(12-14-22)17-19-7-3-1-4-8-19/h1-14,24H,15-18H2. The molecule has 144 valence electrons. The number of nitrogens with zero attached hydrogens (tertiary/aromatic N) is 2. The maximum Gasteiger partial charge on any atom is 0.105 e. The lowest BCUT2D eigenvalue weighted by molar-refractivity contribution is 0.677. The second-order valence-electron chi connectivity index (χ2n) is 7.71. The van der Waals surface area contributed by atoms with Crippen LogP contribution in [0.4, 0.5) is 5.69 Å². The Morgan fingerprint density at radius 1 is 0.828 bits per heavy atom. The number of anilines is 1. The Hall–Kier alpha value is -2.84. The van der Waals surface area contributed by atoms with Crippen molar-refractivity contribution in [3.05, 3.63) is 107 Å². The van der Waals surface area contributed by atoms with Gasteiger partial charge in [-0.15, -0.1) is 0 Å². The highest BCUT2D eigenvalue weighted by molar-refractivity contribution is 6.66. The molecule has 3 aromatic rings. The number of rotatable bonds is 4. The van der Waals surface area contributed by atoms with E-state index in [4.69, 9.17) is 11.6 Å². The maximum atomic E-state index is 6.33. The van der Waals surface area contributed by atoms with E-state index in [0.717, 1.165) is 31.0 Å². The maximum absolute atomic E-state index is 6.33. The third-order valence-electron chi connectivity index (χ3n) is 5.78. The Kier molecular flexibility index (Phi) is 4.95. The number of hydrogen-bond acceptors (Lipinski definition) is 2. The molecular formula is C26H23ClN2. The van der Waals surface area contributed by atoms with Crippen LogP contribution in [0.1, 0.15) is 29.5 Å². The monoisotopic (exact) mass is 398 g/mol. The van der Waals surface area contributed by atoms with E-state index in [0.29, 0.717) is 0 Å². The molecule has 5 rings (SSSR count). The normalized spacial score (nSPS) is 18.6. The summed E-state index contributed by atoms with van der Waals surface area (Å²) in [5, 5.41) is 0.735. The molecule has 2 heterocycles. The second kappa shape index (κ2) is 7.88. The van der Waals surface area contributed by atoms with E-state index < -0.39 is 0 Å². The van der Waals surface area contributed by atoms with Crippen molar-refractivity contribution in [3.63, 3.8) is 0 Å². The van der Waals surface area contributed by atoms with Gasteiger partial charge in [-0.25, -0.2) is 0 Å². The SMILES string of the molecule is ClC1=NC2CCN(c3ccc(Cc4ccccc4)cc3)C(c3ccccc3)=C2C1. The van der Waals surface area contributed by atoms with Crippen LogP contribution in [0.5, 0.6) is 0 Å². The van der Waals surface area contributed by atoms with Gasteiger partial charge in [-0.05, 0) is 47.2 Å². The second-order valence-corrected chi connectivity index (χ2v) is 8.14. The van der Waals surface area contributed by atoms with Crippen LogP contribution in [0, 0.1) is 0 Å². The van der Waals surface area contributed by atoms with E-state index in [1.165, 1.54) is 33.6 Å². The fourth-order valence-electron chi connectivity index (χ4n) is 4.41. The van der Waals surface area contributed by atoms with Gasteiger partial charge < -0.3 is 4.90 Å². The minimum absolute atomic E-state index is 0.228. The predicted molar refractivity (Wildman–Crippen MR) is 123 cm³/mol. The lowest BCUT2D eigenvalue weighted by atomic mass is 9.92. The van der Waals surface area contributed by atoms with Gasteiger partial charge in [0, 0.05) is 18.7 Å². The highest BCUT2D eigenvalue weighted by atomic mass is 35.5. The van der Waals surface area contributed by atoms with Crippen molar-refractivity contribution in [3.8, 4) is 0 Å². The van der Waals surface area contributed by atoms with Crippen LogP contribution in [0.2, 0.25) is 0 Å². The average Bonchev–Trinajstić information content (AvgIpc) is 3.15. The summed E-state index contributed by atoms with van der Waals surface area (Å²) in [6.45, 7) is 0.949. The first-order valence-electron chi connectivity index (χ1n) is 10.2. The Bertz CT molecular complexity index is 1050. The van der Waals surface area contributed by atoms with Crippen molar-refractivity contribution >= 4 is 28.2 Å². The number of benzene rings is 3. The summed E-state index contributed by atoms with van der Waals surface area (Å²) >= 11 is 6.33. The van der Waals surface area contributed by atoms with E-state index in [1.807, 2.05) is 0 Å². The molecule has 29 heavy (non-hydrogen) atoms. The molecule has 0 fully saturated rings. The topological polar surface area (TPSA) is 15.6 Å². The van der Waals surface area contributed by atoms with Gasteiger partial charge in [0.25, 0.3) is 0 Å². The van der Waals surface area contributed by atoms with Crippen molar-refractivity contribution in [2.45, 2.75) is 25.3 Å². The smallest absolute Gasteiger partial charge is 0.105 e. The van der Waals surface area contributed by atoms with Crippen molar-refractivity contribution in [1.82, 2.24) is 0 Å². The van der Waals surface area contributed by atoms with Crippen molar-refractivity contribution in [2.24, 2.45) is 4.99 Å². The molecule has 2 aliphatic rings. The Labute approximate surface area is 177 Å². The zero-order valence-electron chi connectivity index (χ0n) is 16.3. The van der Waals surface area contributed by atoms with Crippen molar-refractivity contribution in [1.29, 1.82) is 0 Å². The molecule has 0 spiro atoms. The molecule has 0 bridgehead atoms. The molecule has 0 saturated heterocycles. The van der Waals surface area contributed by atoms with Gasteiger partial charge in [0.15, 0.2) is 0 Å². The number of fused-ring (bicyclic) bond motifs is 1. The van der Waals surface area contributed by atoms with Gasteiger partial charge in [0.1, 0.15) is 5.17 Å². The molecule has 0 aliphatic carbocycles. The quantitative estimate of drug-likeness (QED) is 0.502. The van der Waals surface area contributed by atoms with E-state index >= 15 is 0 Å². The average molecular weight is 399 g/mol. The summed E-state index contributed by atoms with van der Waals surface area (Å²) in [5.74, 6) is 0. The van der Waals surface area contributed by atoms with Gasteiger partial charge in [0.2, 0.25) is 0 Å². The molecule has 3 heteroatoms. The molecule has 0 aromatic heterocycles. The summed E-state index contributed by atoms with van der Waals surface area (Å²) in [4.78, 5) is 7.12. The van der Waals surface area contributed by atoms with E-state index in [-0.39, 0.29) is 6.04 Å². The van der Waals surface area contributed by atoms with Crippen molar-refractivity contribution < 1.29 is 0 Å². The zero-order chi connectivity index (χ0) is 19.6. The largest absolute Gasteiger partial charge is 0.341 e. The summed E-state index contributed by atoms with van der Waals surface area (Å²) in [6, 6.07) is 30.5. The molecule has 3 aromatic carbocycles. The predicted octanol–water partition coefficient (Wildman–Crippen LogP) is 6.31. The molecule has 2 aliphatic heterocycles. The van der Waals surface area contributed by atoms with Gasteiger partial charge in [-0.2, -0.15) is 0 Å². The van der Waals surface area contributed by atoms with E-state index in [2.05, 4.69) is 94.8 Å². The Morgan fingerprint density at radius 3 is 2.21 bits per heavy atom. The Balaban J connectivity index is 1.48. The van der Waals surface area contributed by atoms with Crippen LogP contribution in [0.15, 0.2) is 95.5 Å². The highest BCUT2D eigenvalue weighted by Gasteiger charge is 2.33. The van der Waals surface area contributed by atoms with Gasteiger partial charge in [-0.1, -0.05) is 84.4 Å². The van der Waals surface area contributed by atoms with Crippen LogP contribution in [0.3, 0.4) is 0 Å². The molecule has 1 atom stereocenters.